The number of aromatic nitrogens is 1. The third kappa shape index (κ3) is 3.91. The lowest BCUT2D eigenvalue weighted by atomic mass is 9.97. The molecular formula is C27H21ClN2O2. The molecule has 0 bridgehead atoms. The van der Waals surface area contributed by atoms with Crippen molar-refractivity contribution in [1.82, 2.24) is 4.57 Å². The zero-order valence-electron chi connectivity index (χ0n) is 17.8. The molecule has 0 amide bonds. The van der Waals surface area contributed by atoms with Crippen LogP contribution in [0.25, 0.3) is 28.1 Å². The number of nitrogens with zero attached hydrogens (tertiary/aromatic N) is 2. The summed E-state index contributed by atoms with van der Waals surface area (Å²) in [5.74, 6) is 0.704. The summed E-state index contributed by atoms with van der Waals surface area (Å²) < 4.78 is 6.88. The Morgan fingerprint density at radius 2 is 1.62 bits per heavy atom. The minimum absolute atomic E-state index is 0.0961. The van der Waals surface area contributed by atoms with Crippen molar-refractivity contribution in [3.05, 3.63) is 105 Å². The highest BCUT2D eigenvalue weighted by Crippen LogP contribution is 2.31. The Morgan fingerprint density at radius 3 is 2.25 bits per heavy atom. The number of para-hydroxylation sites is 1. The Labute approximate surface area is 191 Å². The van der Waals surface area contributed by atoms with Gasteiger partial charge in [-0.05, 0) is 59.5 Å². The summed E-state index contributed by atoms with van der Waals surface area (Å²) in [4.78, 5) is 13.7. The van der Waals surface area contributed by atoms with E-state index in [9.17, 15) is 10.1 Å². The molecule has 3 aromatic carbocycles. The van der Waals surface area contributed by atoms with E-state index < -0.39 is 0 Å². The predicted molar refractivity (Wildman–Crippen MR) is 129 cm³/mol. The van der Waals surface area contributed by atoms with Crippen molar-refractivity contribution in [2.24, 2.45) is 0 Å². The fourth-order valence-electron chi connectivity index (χ4n) is 3.82. The first-order chi connectivity index (χ1) is 15.6. The molecule has 0 aliphatic heterocycles. The first-order valence-corrected chi connectivity index (χ1v) is 10.6. The highest BCUT2D eigenvalue weighted by Gasteiger charge is 2.19. The topological polar surface area (TPSA) is 55.0 Å². The molecule has 32 heavy (non-hydrogen) atoms. The van der Waals surface area contributed by atoms with Crippen molar-refractivity contribution in [2.45, 2.75) is 13.3 Å². The van der Waals surface area contributed by atoms with Gasteiger partial charge in [-0.25, -0.2) is 0 Å². The highest BCUT2D eigenvalue weighted by atomic mass is 35.5. The Morgan fingerprint density at radius 1 is 0.969 bits per heavy atom. The molecule has 0 aliphatic rings. The number of methoxy groups -OCH3 is 1. The molecule has 0 N–H and O–H groups in total. The van der Waals surface area contributed by atoms with E-state index >= 15 is 0 Å². The number of rotatable bonds is 5. The molecule has 0 aliphatic carbocycles. The number of benzene rings is 3. The normalized spacial score (nSPS) is 10.6. The number of hydrogen-bond acceptors (Lipinski definition) is 3. The van der Waals surface area contributed by atoms with Crippen LogP contribution < -0.4 is 10.3 Å². The molecule has 4 aromatic rings. The van der Waals surface area contributed by atoms with Crippen LogP contribution in [0.15, 0.2) is 83.7 Å². The summed E-state index contributed by atoms with van der Waals surface area (Å²) in [6.45, 7) is 2.04. The molecule has 0 saturated heterocycles. The van der Waals surface area contributed by atoms with E-state index in [0.717, 1.165) is 28.8 Å². The fourth-order valence-corrected chi connectivity index (χ4v) is 3.94. The maximum absolute atomic E-state index is 13.7. The maximum Gasteiger partial charge on any atom is 0.274 e. The summed E-state index contributed by atoms with van der Waals surface area (Å²) in [6, 6.07) is 26.5. The molecule has 0 saturated carbocycles. The number of ether oxygens (including phenoxy) is 1. The Kier molecular flexibility index (Phi) is 6.11. The molecule has 5 heteroatoms. The van der Waals surface area contributed by atoms with Crippen LogP contribution >= 0.6 is 11.6 Å². The van der Waals surface area contributed by atoms with Crippen molar-refractivity contribution in [3.63, 3.8) is 0 Å². The zero-order chi connectivity index (χ0) is 22.7. The van der Waals surface area contributed by atoms with Gasteiger partial charge in [0.2, 0.25) is 0 Å². The lowest BCUT2D eigenvalue weighted by molar-refractivity contribution is 0.415. The zero-order valence-corrected chi connectivity index (χ0v) is 18.6. The Hall–Kier alpha value is -3.81. The highest BCUT2D eigenvalue weighted by molar-refractivity contribution is 6.30. The van der Waals surface area contributed by atoms with E-state index in [1.165, 1.54) is 0 Å². The summed E-state index contributed by atoms with van der Waals surface area (Å²) in [5.41, 5.74) is 4.40. The van der Waals surface area contributed by atoms with Gasteiger partial charge in [-0.15, -0.1) is 0 Å². The standard InChI is InChI=1S/C27H21ClN2O2/c1-3-18-6-4-5-7-25(18)30-26(20-8-12-21(28)13-9-20)16-23(24(17-29)27(30)31)19-10-14-22(32-2)15-11-19/h4-16H,3H2,1-2H3. The SMILES string of the molecule is CCc1ccccc1-n1c(-c2ccc(Cl)cc2)cc(-c2ccc(OC)cc2)c(C#N)c1=O. The average molecular weight is 441 g/mol. The van der Waals surface area contributed by atoms with Crippen LogP contribution in [-0.2, 0) is 6.42 Å². The number of aryl methyl sites for hydroxylation is 1. The van der Waals surface area contributed by atoms with Crippen LogP contribution in [0.4, 0.5) is 0 Å². The quantitative estimate of drug-likeness (QED) is 0.367. The van der Waals surface area contributed by atoms with Gasteiger partial charge in [0.05, 0.1) is 18.5 Å². The summed E-state index contributed by atoms with van der Waals surface area (Å²) in [7, 11) is 1.60. The molecule has 4 rings (SSSR count). The van der Waals surface area contributed by atoms with Crippen molar-refractivity contribution < 1.29 is 4.74 Å². The van der Waals surface area contributed by atoms with Gasteiger partial charge in [-0.1, -0.05) is 61.0 Å². The van der Waals surface area contributed by atoms with Crippen LogP contribution in [0, 0.1) is 11.3 Å². The molecule has 0 spiro atoms. The van der Waals surface area contributed by atoms with Crippen LogP contribution in [0.5, 0.6) is 5.75 Å². The molecule has 0 unspecified atom stereocenters. The molecule has 0 fully saturated rings. The third-order valence-corrected chi connectivity index (χ3v) is 5.73. The lowest BCUT2D eigenvalue weighted by Crippen LogP contribution is -2.24. The van der Waals surface area contributed by atoms with Gasteiger partial charge < -0.3 is 4.74 Å². The van der Waals surface area contributed by atoms with E-state index in [2.05, 4.69) is 6.07 Å². The van der Waals surface area contributed by atoms with Gasteiger partial charge in [-0.2, -0.15) is 5.26 Å². The van der Waals surface area contributed by atoms with Crippen LogP contribution in [0.2, 0.25) is 5.02 Å². The van der Waals surface area contributed by atoms with Crippen LogP contribution in [0.1, 0.15) is 18.1 Å². The van der Waals surface area contributed by atoms with Crippen molar-refractivity contribution >= 4 is 11.6 Å². The monoisotopic (exact) mass is 440 g/mol. The maximum atomic E-state index is 13.7. The smallest absolute Gasteiger partial charge is 0.274 e. The van der Waals surface area contributed by atoms with Gasteiger partial charge in [0.1, 0.15) is 17.4 Å². The number of pyridine rings is 1. The Balaban J connectivity index is 2.08. The molecular weight excluding hydrogens is 420 g/mol. The summed E-state index contributed by atoms with van der Waals surface area (Å²) >= 11 is 6.11. The van der Waals surface area contributed by atoms with Crippen molar-refractivity contribution in [1.29, 1.82) is 5.26 Å². The lowest BCUT2D eigenvalue weighted by Gasteiger charge is -2.19. The number of hydrogen-bond donors (Lipinski definition) is 0. The summed E-state index contributed by atoms with van der Waals surface area (Å²) in [5, 5.41) is 10.6. The van der Waals surface area contributed by atoms with Gasteiger partial charge in [0, 0.05) is 10.6 Å². The van der Waals surface area contributed by atoms with Crippen LogP contribution in [-0.4, -0.2) is 11.7 Å². The van der Waals surface area contributed by atoms with Crippen LogP contribution in [0.3, 0.4) is 0 Å². The van der Waals surface area contributed by atoms with Gasteiger partial charge >= 0.3 is 0 Å². The minimum atomic E-state index is -0.355. The summed E-state index contributed by atoms with van der Waals surface area (Å²) in [6.07, 6.45) is 0.755. The first kappa shape index (κ1) is 21.4. The van der Waals surface area contributed by atoms with Gasteiger partial charge in [0.15, 0.2) is 0 Å². The van der Waals surface area contributed by atoms with E-state index in [4.69, 9.17) is 16.3 Å². The third-order valence-electron chi connectivity index (χ3n) is 5.47. The van der Waals surface area contributed by atoms with E-state index in [-0.39, 0.29) is 11.1 Å². The number of halogens is 1. The largest absolute Gasteiger partial charge is 0.497 e. The molecule has 0 atom stereocenters. The second-order valence-electron chi connectivity index (χ2n) is 7.29. The minimum Gasteiger partial charge on any atom is -0.497 e. The predicted octanol–water partition coefficient (Wildman–Crippen LogP) is 6.27. The van der Waals surface area contributed by atoms with Crippen molar-refractivity contribution in [3.8, 4) is 39.9 Å². The number of nitriles is 1. The van der Waals surface area contributed by atoms with Gasteiger partial charge in [0.25, 0.3) is 5.56 Å². The fraction of sp³-hybridized carbons (Fsp3) is 0.111. The van der Waals surface area contributed by atoms with E-state index in [1.54, 1.807) is 23.8 Å². The Bertz CT molecular complexity index is 1370. The average Bonchev–Trinajstić information content (AvgIpc) is 2.84. The van der Waals surface area contributed by atoms with E-state index in [1.807, 2.05) is 73.7 Å². The molecule has 158 valence electrons. The first-order valence-electron chi connectivity index (χ1n) is 10.3. The second-order valence-corrected chi connectivity index (χ2v) is 7.72. The molecule has 1 aromatic heterocycles. The molecule has 0 radical (unpaired) electrons. The van der Waals surface area contributed by atoms with E-state index in [0.29, 0.717) is 22.0 Å². The van der Waals surface area contributed by atoms with Crippen molar-refractivity contribution in [2.75, 3.05) is 7.11 Å². The second kappa shape index (κ2) is 9.13. The molecule has 1 heterocycles. The molecule has 4 nitrogen and oxygen atoms in total. The van der Waals surface area contributed by atoms with Gasteiger partial charge in [-0.3, -0.25) is 9.36 Å².